The number of carboxylic acids is 1. The summed E-state index contributed by atoms with van der Waals surface area (Å²) < 4.78 is 18.4. The van der Waals surface area contributed by atoms with Gasteiger partial charge < -0.3 is 15.2 Å². The molecule has 1 amide bonds. The average molecular weight is 378 g/mol. The van der Waals surface area contributed by atoms with Crippen LogP contribution in [-0.2, 0) is 11.4 Å². The number of nitrogens with one attached hydrogen (secondary N) is 1. The van der Waals surface area contributed by atoms with Gasteiger partial charge in [0.15, 0.2) is 0 Å². The van der Waals surface area contributed by atoms with Crippen molar-refractivity contribution in [3.05, 3.63) is 45.7 Å². The van der Waals surface area contributed by atoms with Gasteiger partial charge in [-0.15, -0.1) is 11.3 Å². The number of amides is 1. The van der Waals surface area contributed by atoms with Crippen LogP contribution in [0.1, 0.15) is 39.6 Å². The van der Waals surface area contributed by atoms with Crippen LogP contribution in [0.15, 0.2) is 24.3 Å². The molecule has 1 heterocycles. The number of carbonyl (C=O) groups is 2. The Morgan fingerprint density at radius 2 is 2.08 bits per heavy atom. The highest BCUT2D eigenvalue weighted by Crippen LogP contribution is 2.27. The second-order valence-corrected chi connectivity index (χ2v) is 7.37. The van der Waals surface area contributed by atoms with Crippen molar-refractivity contribution in [2.45, 2.75) is 38.8 Å². The molecule has 0 unspecified atom stereocenters. The number of carboxylic acid groups (broad SMARTS) is 1. The Morgan fingerprint density at radius 3 is 2.73 bits per heavy atom. The van der Waals surface area contributed by atoms with E-state index in [1.165, 1.54) is 35.6 Å². The van der Waals surface area contributed by atoms with Crippen molar-refractivity contribution in [2.75, 3.05) is 0 Å². The van der Waals surface area contributed by atoms with E-state index in [0.717, 1.165) is 0 Å². The van der Waals surface area contributed by atoms with Crippen molar-refractivity contribution in [2.24, 2.45) is 5.92 Å². The van der Waals surface area contributed by atoms with Crippen molar-refractivity contribution in [3.63, 3.8) is 0 Å². The van der Waals surface area contributed by atoms with E-state index < -0.39 is 5.97 Å². The Kier molecular flexibility index (Phi) is 5.51. The maximum Gasteiger partial charge on any atom is 0.306 e. The molecular weight excluding hydrogens is 359 g/mol. The highest BCUT2D eigenvalue weighted by Gasteiger charge is 2.31. The van der Waals surface area contributed by atoms with Crippen molar-refractivity contribution in [1.29, 1.82) is 0 Å². The first-order valence-corrected chi connectivity index (χ1v) is 9.12. The number of thiazole rings is 1. The quantitative estimate of drug-likeness (QED) is 0.806. The van der Waals surface area contributed by atoms with Gasteiger partial charge in [0.2, 0.25) is 0 Å². The monoisotopic (exact) mass is 378 g/mol. The number of rotatable bonds is 6. The molecular formula is C18H19FN2O4S. The molecule has 0 aliphatic heterocycles. The highest BCUT2D eigenvalue weighted by atomic mass is 32.1. The molecule has 3 rings (SSSR count). The summed E-state index contributed by atoms with van der Waals surface area (Å²) in [5, 5.41) is 12.6. The van der Waals surface area contributed by atoms with Crippen molar-refractivity contribution >= 4 is 23.2 Å². The summed E-state index contributed by atoms with van der Waals surface area (Å²) in [7, 11) is 0. The van der Waals surface area contributed by atoms with Gasteiger partial charge in [-0.25, -0.2) is 9.37 Å². The van der Waals surface area contributed by atoms with Gasteiger partial charge in [0, 0.05) is 6.04 Å². The Hall–Kier alpha value is -2.48. The highest BCUT2D eigenvalue weighted by molar-refractivity contribution is 7.13. The Balaban J connectivity index is 1.58. The number of aromatic nitrogens is 1. The maximum absolute atomic E-state index is 12.9. The summed E-state index contributed by atoms with van der Waals surface area (Å²) in [6.07, 6.45) is 1.71. The minimum Gasteiger partial charge on any atom is -0.486 e. The fourth-order valence-electron chi connectivity index (χ4n) is 2.99. The fraction of sp³-hybridized carbons (Fsp3) is 0.389. The molecule has 2 aromatic rings. The minimum atomic E-state index is -0.809. The number of benzene rings is 1. The third kappa shape index (κ3) is 4.37. The number of carbonyl (C=O) groups excluding carboxylic acids is 1. The first-order chi connectivity index (χ1) is 12.4. The van der Waals surface area contributed by atoms with Gasteiger partial charge >= 0.3 is 5.97 Å². The van der Waals surface area contributed by atoms with Gasteiger partial charge in [-0.3, -0.25) is 9.59 Å². The Labute approximate surface area is 154 Å². The smallest absolute Gasteiger partial charge is 0.306 e. The van der Waals surface area contributed by atoms with E-state index >= 15 is 0 Å². The van der Waals surface area contributed by atoms with Gasteiger partial charge in [0.05, 0.1) is 11.6 Å². The van der Waals surface area contributed by atoms with Crippen LogP contribution in [0.2, 0.25) is 0 Å². The molecule has 1 fully saturated rings. The number of halogens is 1. The van der Waals surface area contributed by atoms with E-state index in [1.807, 2.05) is 0 Å². The van der Waals surface area contributed by atoms with Crippen LogP contribution in [0.25, 0.3) is 0 Å². The van der Waals surface area contributed by atoms with Gasteiger partial charge in [0.25, 0.3) is 5.91 Å². The lowest BCUT2D eigenvalue weighted by atomic mass is 10.1. The predicted octanol–water partition coefficient (Wildman–Crippen LogP) is 3.15. The van der Waals surface area contributed by atoms with Crippen molar-refractivity contribution in [3.8, 4) is 5.75 Å². The summed E-state index contributed by atoms with van der Waals surface area (Å²) in [5.41, 5.74) is 0.609. The summed E-state index contributed by atoms with van der Waals surface area (Å²) in [4.78, 5) is 28.3. The molecule has 1 aromatic carbocycles. The lowest BCUT2D eigenvalue weighted by molar-refractivity contribution is -0.141. The van der Waals surface area contributed by atoms with Crippen LogP contribution in [0.3, 0.4) is 0 Å². The standard InChI is InChI=1S/C18H19FN2O4S/c1-10-16(17(22)21-13-5-2-11(8-13)18(23)24)26-15(20-10)9-25-14-6-3-12(19)4-7-14/h3-4,6-7,11,13H,2,5,8-9H2,1H3,(H,21,22)(H,23,24)/t11-,13+/m1/s1. The predicted molar refractivity (Wildman–Crippen MR) is 93.8 cm³/mol. The van der Waals surface area contributed by atoms with Crippen LogP contribution in [0.4, 0.5) is 4.39 Å². The fourth-order valence-corrected chi connectivity index (χ4v) is 3.87. The maximum atomic E-state index is 12.9. The van der Waals surface area contributed by atoms with E-state index in [0.29, 0.717) is 40.6 Å². The largest absolute Gasteiger partial charge is 0.486 e. The molecule has 0 radical (unpaired) electrons. The summed E-state index contributed by atoms with van der Waals surface area (Å²) in [6.45, 7) is 1.94. The molecule has 1 aromatic heterocycles. The third-order valence-corrected chi connectivity index (χ3v) is 5.47. The topological polar surface area (TPSA) is 88.5 Å². The number of hydrogen-bond acceptors (Lipinski definition) is 5. The summed E-state index contributed by atoms with van der Waals surface area (Å²) in [6, 6.07) is 5.56. The van der Waals surface area contributed by atoms with Gasteiger partial charge in [0.1, 0.15) is 28.1 Å². The number of ether oxygens (including phenoxy) is 1. The van der Waals surface area contributed by atoms with Crippen molar-refractivity contribution in [1.82, 2.24) is 10.3 Å². The van der Waals surface area contributed by atoms with E-state index in [4.69, 9.17) is 9.84 Å². The zero-order valence-corrected chi connectivity index (χ0v) is 15.0. The number of aryl methyl sites for hydroxylation is 1. The molecule has 0 spiro atoms. The van der Waals surface area contributed by atoms with Gasteiger partial charge in [-0.05, 0) is 50.5 Å². The average Bonchev–Trinajstić information content (AvgIpc) is 3.21. The zero-order chi connectivity index (χ0) is 18.7. The summed E-state index contributed by atoms with van der Waals surface area (Å²) in [5.74, 6) is -1.24. The van der Waals surface area contributed by atoms with Crippen LogP contribution < -0.4 is 10.1 Å². The molecule has 6 nitrogen and oxygen atoms in total. The van der Waals surface area contributed by atoms with Crippen LogP contribution in [0, 0.1) is 18.7 Å². The number of nitrogens with zero attached hydrogens (tertiary/aromatic N) is 1. The third-order valence-electron chi connectivity index (χ3n) is 4.34. The molecule has 1 aliphatic rings. The van der Waals surface area contributed by atoms with E-state index in [9.17, 15) is 14.0 Å². The molecule has 0 saturated heterocycles. The van der Waals surface area contributed by atoms with Crippen LogP contribution in [0.5, 0.6) is 5.75 Å². The molecule has 138 valence electrons. The van der Waals surface area contributed by atoms with Crippen molar-refractivity contribution < 1.29 is 23.8 Å². The van der Waals surface area contributed by atoms with Crippen LogP contribution >= 0.6 is 11.3 Å². The second-order valence-electron chi connectivity index (χ2n) is 6.28. The normalized spacial score (nSPS) is 19.3. The number of aliphatic carboxylic acids is 1. The van der Waals surface area contributed by atoms with E-state index in [1.54, 1.807) is 6.92 Å². The Morgan fingerprint density at radius 1 is 1.35 bits per heavy atom. The molecule has 1 aliphatic carbocycles. The lowest BCUT2D eigenvalue weighted by Gasteiger charge is -2.11. The van der Waals surface area contributed by atoms with E-state index in [2.05, 4.69) is 10.3 Å². The van der Waals surface area contributed by atoms with Gasteiger partial charge in [-0.1, -0.05) is 0 Å². The minimum absolute atomic E-state index is 0.121. The first-order valence-electron chi connectivity index (χ1n) is 8.30. The molecule has 8 heteroatoms. The van der Waals surface area contributed by atoms with E-state index in [-0.39, 0.29) is 30.3 Å². The first kappa shape index (κ1) is 18.3. The molecule has 2 N–H and O–H groups in total. The molecule has 1 saturated carbocycles. The summed E-state index contributed by atoms with van der Waals surface area (Å²) >= 11 is 1.24. The van der Waals surface area contributed by atoms with Crippen LogP contribution in [-0.4, -0.2) is 28.0 Å². The SMILES string of the molecule is Cc1nc(COc2ccc(F)cc2)sc1C(=O)N[C@H]1CC[C@@H](C(=O)O)C1. The number of hydrogen-bond donors (Lipinski definition) is 2. The lowest BCUT2D eigenvalue weighted by Crippen LogP contribution is -2.33. The molecule has 2 atom stereocenters. The Bertz CT molecular complexity index is 806. The second kappa shape index (κ2) is 7.82. The van der Waals surface area contributed by atoms with Gasteiger partial charge in [-0.2, -0.15) is 0 Å². The molecule has 0 bridgehead atoms. The molecule has 26 heavy (non-hydrogen) atoms. The zero-order valence-electron chi connectivity index (χ0n) is 14.2.